The Bertz CT molecular complexity index is 283. The Kier molecular flexibility index (Phi) is 4.78. The Hall–Kier alpha value is -0.870. The number of nitrogens with zero attached hydrogens (tertiary/aromatic N) is 2. The Morgan fingerprint density at radius 3 is 2.80 bits per heavy atom. The molecule has 0 spiro atoms. The van der Waals surface area contributed by atoms with Gasteiger partial charge in [-0.3, -0.25) is 4.68 Å². The normalized spacial score (nSPS) is 15.2. The third-order valence-electron chi connectivity index (χ3n) is 2.32. The van der Waals surface area contributed by atoms with Gasteiger partial charge in [0.2, 0.25) is 0 Å². The Balaban J connectivity index is 2.16. The predicted octanol–water partition coefficient (Wildman–Crippen LogP) is 0.917. The largest absolute Gasteiger partial charge is 0.393 e. The number of hydrogen-bond donors (Lipinski definition) is 2. The summed E-state index contributed by atoms with van der Waals surface area (Å²) in [5.74, 6) is 0.502. The van der Waals surface area contributed by atoms with Crippen molar-refractivity contribution in [2.24, 2.45) is 13.0 Å². The van der Waals surface area contributed by atoms with Crippen LogP contribution in [-0.4, -0.2) is 27.5 Å². The van der Waals surface area contributed by atoms with Gasteiger partial charge in [0.25, 0.3) is 0 Å². The summed E-state index contributed by atoms with van der Waals surface area (Å²) in [4.78, 5) is 0. The van der Waals surface area contributed by atoms with E-state index in [0.29, 0.717) is 5.92 Å². The second-order valence-corrected chi connectivity index (χ2v) is 4.34. The molecule has 2 N–H and O–H groups in total. The lowest BCUT2D eigenvalue weighted by Crippen LogP contribution is -2.22. The SMILES string of the molecule is CC(O)CC(C)CNCc1cnn(C)c1. The number of hydrogen-bond acceptors (Lipinski definition) is 3. The molecule has 2 atom stereocenters. The van der Waals surface area contributed by atoms with Crippen molar-refractivity contribution >= 4 is 0 Å². The van der Waals surface area contributed by atoms with E-state index in [-0.39, 0.29) is 6.10 Å². The number of aryl methyl sites for hydroxylation is 1. The molecule has 0 radical (unpaired) electrons. The molecule has 0 amide bonds. The van der Waals surface area contributed by atoms with E-state index in [9.17, 15) is 5.11 Å². The molecule has 1 aromatic rings. The first-order valence-electron chi connectivity index (χ1n) is 5.44. The second-order valence-electron chi connectivity index (χ2n) is 4.34. The maximum Gasteiger partial charge on any atom is 0.0534 e. The minimum atomic E-state index is -0.208. The van der Waals surface area contributed by atoms with Gasteiger partial charge < -0.3 is 10.4 Å². The van der Waals surface area contributed by atoms with Crippen LogP contribution in [0.15, 0.2) is 12.4 Å². The average molecular weight is 211 g/mol. The molecule has 0 saturated heterocycles. The van der Waals surface area contributed by atoms with Crippen LogP contribution >= 0.6 is 0 Å². The maximum absolute atomic E-state index is 9.20. The Morgan fingerprint density at radius 1 is 1.53 bits per heavy atom. The summed E-state index contributed by atoms with van der Waals surface area (Å²) in [6, 6.07) is 0. The molecule has 4 nitrogen and oxygen atoms in total. The van der Waals surface area contributed by atoms with Crippen LogP contribution in [0.1, 0.15) is 25.8 Å². The van der Waals surface area contributed by atoms with Crippen molar-refractivity contribution in [2.75, 3.05) is 6.54 Å². The van der Waals surface area contributed by atoms with Gasteiger partial charge in [-0.25, -0.2) is 0 Å². The molecular weight excluding hydrogens is 190 g/mol. The van der Waals surface area contributed by atoms with Crippen LogP contribution < -0.4 is 5.32 Å². The van der Waals surface area contributed by atoms with Gasteiger partial charge in [0.1, 0.15) is 0 Å². The molecular formula is C11H21N3O. The monoisotopic (exact) mass is 211 g/mol. The van der Waals surface area contributed by atoms with Gasteiger partial charge in [0.15, 0.2) is 0 Å². The zero-order chi connectivity index (χ0) is 11.3. The molecule has 1 aromatic heterocycles. The standard InChI is InChI=1S/C11H21N3O/c1-9(4-10(2)15)5-12-6-11-7-13-14(3)8-11/h7-10,12,15H,4-6H2,1-3H3. The summed E-state index contributed by atoms with van der Waals surface area (Å²) < 4.78 is 1.80. The molecule has 1 heterocycles. The molecule has 4 heteroatoms. The summed E-state index contributed by atoms with van der Waals surface area (Å²) in [5, 5.41) is 16.7. The Morgan fingerprint density at radius 2 is 2.27 bits per heavy atom. The van der Waals surface area contributed by atoms with Crippen LogP contribution in [0.25, 0.3) is 0 Å². The maximum atomic E-state index is 9.20. The van der Waals surface area contributed by atoms with Gasteiger partial charge in [0, 0.05) is 25.4 Å². The lowest BCUT2D eigenvalue weighted by Gasteiger charge is -2.13. The summed E-state index contributed by atoms with van der Waals surface area (Å²) in [6.07, 6.45) is 4.51. The van der Waals surface area contributed by atoms with Gasteiger partial charge in [0.05, 0.1) is 12.3 Å². The zero-order valence-corrected chi connectivity index (χ0v) is 9.77. The first-order chi connectivity index (χ1) is 7.08. The third-order valence-corrected chi connectivity index (χ3v) is 2.32. The molecule has 2 unspecified atom stereocenters. The molecule has 15 heavy (non-hydrogen) atoms. The van der Waals surface area contributed by atoms with E-state index in [1.807, 2.05) is 26.4 Å². The molecule has 0 aliphatic heterocycles. The van der Waals surface area contributed by atoms with Crippen LogP contribution in [0.4, 0.5) is 0 Å². The molecule has 0 fully saturated rings. The number of aromatic nitrogens is 2. The van der Waals surface area contributed by atoms with E-state index in [0.717, 1.165) is 19.5 Å². The summed E-state index contributed by atoms with van der Waals surface area (Å²) in [7, 11) is 1.92. The van der Waals surface area contributed by atoms with E-state index in [1.165, 1.54) is 5.56 Å². The summed E-state index contributed by atoms with van der Waals surface area (Å²) >= 11 is 0. The Labute approximate surface area is 91.3 Å². The van der Waals surface area contributed by atoms with Crippen molar-refractivity contribution in [3.63, 3.8) is 0 Å². The van der Waals surface area contributed by atoms with E-state index in [4.69, 9.17) is 0 Å². The molecule has 1 rings (SSSR count). The molecule has 0 aliphatic carbocycles. The van der Waals surface area contributed by atoms with Gasteiger partial charge in [-0.15, -0.1) is 0 Å². The lowest BCUT2D eigenvalue weighted by molar-refractivity contribution is 0.163. The van der Waals surface area contributed by atoms with Crippen LogP contribution in [0, 0.1) is 5.92 Å². The van der Waals surface area contributed by atoms with E-state index in [2.05, 4.69) is 17.3 Å². The molecule has 86 valence electrons. The number of nitrogens with one attached hydrogen (secondary N) is 1. The van der Waals surface area contributed by atoms with Gasteiger partial charge in [-0.1, -0.05) is 6.92 Å². The van der Waals surface area contributed by atoms with Crippen molar-refractivity contribution in [1.82, 2.24) is 15.1 Å². The highest BCUT2D eigenvalue weighted by Gasteiger charge is 2.05. The van der Waals surface area contributed by atoms with E-state index < -0.39 is 0 Å². The minimum Gasteiger partial charge on any atom is -0.393 e. The molecule has 0 saturated carbocycles. The zero-order valence-electron chi connectivity index (χ0n) is 9.77. The first-order valence-corrected chi connectivity index (χ1v) is 5.44. The number of aliphatic hydroxyl groups excluding tert-OH is 1. The van der Waals surface area contributed by atoms with Gasteiger partial charge >= 0.3 is 0 Å². The average Bonchev–Trinajstić information content (AvgIpc) is 2.50. The highest BCUT2D eigenvalue weighted by molar-refractivity contribution is 5.02. The minimum absolute atomic E-state index is 0.208. The predicted molar refractivity (Wildman–Crippen MR) is 60.4 cm³/mol. The highest BCUT2D eigenvalue weighted by atomic mass is 16.3. The van der Waals surface area contributed by atoms with E-state index in [1.54, 1.807) is 4.68 Å². The van der Waals surface area contributed by atoms with Crippen LogP contribution in [0.3, 0.4) is 0 Å². The number of aliphatic hydroxyl groups is 1. The molecule has 0 bridgehead atoms. The summed E-state index contributed by atoms with van der Waals surface area (Å²) in [5.41, 5.74) is 1.20. The van der Waals surface area contributed by atoms with Crippen LogP contribution in [-0.2, 0) is 13.6 Å². The quantitative estimate of drug-likeness (QED) is 0.735. The van der Waals surface area contributed by atoms with Gasteiger partial charge in [-0.2, -0.15) is 5.10 Å². The summed E-state index contributed by atoms with van der Waals surface area (Å²) in [6.45, 7) is 5.75. The fourth-order valence-corrected chi connectivity index (χ4v) is 1.69. The smallest absolute Gasteiger partial charge is 0.0534 e. The highest BCUT2D eigenvalue weighted by Crippen LogP contribution is 2.04. The first kappa shape index (κ1) is 12.2. The fraction of sp³-hybridized carbons (Fsp3) is 0.727. The lowest BCUT2D eigenvalue weighted by atomic mass is 10.0. The molecule has 0 aromatic carbocycles. The topological polar surface area (TPSA) is 50.1 Å². The van der Waals surface area contributed by atoms with Crippen molar-refractivity contribution < 1.29 is 5.11 Å². The number of rotatable bonds is 6. The van der Waals surface area contributed by atoms with Crippen LogP contribution in [0.2, 0.25) is 0 Å². The van der Waals surface area contributed by atoms with E-state index >= 15 is 0 Å². The molecule has 0 aliphatic rings. The van der Waals surface area contributed by atoms with Crippen molar-refractivity contribution in [3.8, 4) is 0 Å². The van der Waals surface area contributed by atoms with Crippen molar-refractivity contribution in [1.29, 1.82) is 0 Å². The third kappa shape index (κ3) is 4.95. The fourth-order valence-electron chi connectivity index (χ4n) is 1.69. The van der Waals surface area contributed by atoms with Crippen LogP contribution in [0.5, 0.6) is 0 Å². The van der Waals surface area contributed by atoms with Crippen molar-refractivity contribution in [2.45, 2.75) is 32.9 Å². The van der Waals surface area contributed by atoms with Crippen molar-refractivity contribution in [3.05, 3.63) is 18.0 Å². The van der Waals surface area contributed by atoms with Gasteiger partial charge in [-0.05, 0) is 25.8 Å². The second kappa shape index (κ2) is 5.88.